The summed E-state index contributed by atoms with van der Waals surface area (Å²) in [5.74, 6) is 0.391. The lowest BCUT2D eigenvalue weighted by atomic mass is 10.1. The van der Waals surface area contributed by atoms with Crippen LogP contribution >= 0.6 is 0 Å². The maximum absolute atomic E-state index is 13.0. The lowest BCUT2D eigenvalue weighted by Gasteiger charge is -2.30. The topological polar surface area (TPSA) is 79.9 Å². The fourth-order valence-electron chi connectivity index (χ4n) is 3.96. The Morgan fingerprint density at radius 1 is 0.941 bits per heavy atom. The van der Waals surface area contributed by atoms with Crippen LogP contribution in [0, 0.1) is 0 Å². The molecule has 0 atom stereocenters. The summed E-state index contributed by atoms with van der Waals surface area (Å²) in [4.78, 5) is 28.1. The van der Waals surface area contributed by atoms with Crippen molar-refractivity contribution in [3.63, 3.8) is 0 Å². The fraction of sp³-hybridized carbons (Fsp3) is 0.481. The predicted molar refractivity (Wildman–Crippen MR) is 136 cm³/mol. The molecule has 184 valence electrons. The minimum Gasteiger partial charge on any atom is -0.494 e. The van der Waals surface area contributed by atoms with Gasteiger partial charge in [0.2, 0.25) is 0 Å². The second-order valence-corrected chi connectivity index (χ2v) is 8.56. The van der Waals surface area contributed by atoms with Crippen molar-refractivity contribution in [2.24, 2.45) is 0 Å². The third kappa shape index (κ3) is 7.48. The van der Waals surface area contributed by atoms with Gasteiger partial charge in [-0.1, -0.05) is 13.3 Å². The zero-order chi connectivity index (χ0) is 24.2. The van der Waals surface area contributed by atoms with Crippen LogP contribution in [-0.2, 0) is 4.74 Å². The van der Waals surface area contributed by atoms with Gasteiger partial charge in [-0.2, -0.15) is 0 Å². The third-order valence-electron chi connectivity index (χ3n) is 5.89. The van der Waals surface area contributed by atoms with Crippen LogP contribution in [0.5, 0.6) is 5.75 Å². The molecule has 1 fully saturated rings. The molecule has 0 aliphatic carbocycles. The van der Waals surface area contributed by atoms with Gasteiger partial charge in [0.05, 0.1) is 12.2 Å². The molecule has 0 saturated carbocycles. The Morgan fingerprint density at radius 3 is 2.41 bits per heavy atom. The molecule has 3 rings (SSSR count). The molecule has 2 N–H and O–H groups in total. The van der Waals surface area contributed by atoms with Gasteiger partial charge in [-0.3, -0.25) is 9.59 Å². The van der Waals surface area contributed by atoms with Crippen molar-refractivity contribution in [2.75, 3.05) is 50.2 Å². The molecule has 1 aliphatic rings. The van der Waals surface area contributed by atoms with Gasteiger partial charge in [0, 0.05) is 50.3 Å². The van der Waals surface area contributed by atoms with E-state index in [-0.39, 0.29) is 11.8 Å². The molecule has 7 nitrogen and oxygen atoms in total. The van der Waals surface area contributed by atoms with E-state index in [9.17, 15) is 9.59 Å². The molecule has 2 aromatic rings. The molecule has 34 heavy (non-hydrogen) atoms. The molecule has 1 aliphatic heterocycles. The molecule has 0 radical (unpaired) electrons. The van der Waals surface area contributed by atoms with Crippen molar-refractivity contribution >= 4 is 23.2 Å². The van der Waals surface area contributed by atoms with Crippen LogP contribution in [-0.4, -0.2) is 51.8 Å². The van der Waals surface area contributed by atoms with Crippen LogP contribution in [0.2, 0.25) is 0 Å². The summed E-state index contributed by atoms with van der Waals surface area (Å²) in [7, 11) is 1.65. The van der Waals surface area contributed by atoms with Gasteiger partial charge in [0.15, 0.2) is 0 Å². The van der Waals surface area contributed by atoms with Gasteiger partial charge in [-0.05, 0) is 74.6 Å². The number of rotatable bonds is 12. The zero-order valence-electron chi connectivity index (χ0n) is 20.4. The van der Waals surface area contributed by atoms with Crippen molar-refractivity contribution in [1.29, 1.82) is 0 Å². The number of nitrogens with one attached hydrogen (secondary N) is 2. The molecule has 1 saturated heterocycles. The monoisotopic (exact) mass is 467 g/mol. The maximum atomic E-state index is 13.0. The van der Waals surface area contributed by atoms with Gasteiger partial charge < -0.3 is 25.0 Å². The van der Waals surface area contributed by atoms with Crippen LogP contribution in [0.25, 0.3) is 0 Å². The summed E-state index contributed by atoms with van der Waals surface area (Å²) in [6.45, 7) is 5.78. The molecule has 2 aromatic carbocycles. The van der Waals surface area contributed by atoms with Crippen LogP contribution in [0.4, 0.5) is 11.4 Å². The molecule has 0 spiro atoms. The first-order valence-corrected chi connectivity index (χ1v) is 12.3. The highest BCUT2D eigenvalue weighted by Crippen LogP contribution is 2.27. The highest BCUT2D eigenvalue weighted by atomic mass is 16.5. The number of unbranched alkanes of at least 4 members (excludes halogenated alkanes) is 1. The van der Waals surface area contributed by atoms with Gasteiger partial charge in [-0.15, -0.1) is 0 Å². The van der Waals surface area contributed by atoms with Crippen LogP contribution < -0.4 is 20.3 Å². The summed E-state index contributed by atoms with van der Waals surface area (Å²) in [6.07, 6.45) is 6.26. The van der Waals surface area contributed by atoms with E-state index >= 15 is 0 Å². The molecule has 0 aromatic heterocycles. The van der Waals surface area contributed by atoms with Crippen molar-refractivity contribution < 1.29 is 19.1 Å². The molecular formula is C27H37N3O4. The van der Waals surface area contributed by atoms with E-state index in [1.54, 1.807) is 25.3 Å². The second-order valence-electron chi connectivity index (χ2n) is 8.56. The molecule has 1 heterocycles. The predicted octanol–water partition coefficient (Wildman–Crippen LogP) is 4.87. The Hall–Kier alpha value is -3.06. The van der Waals surface area contributed by atoms with Crippen LogP contribution in [0.3, 0.4) is 0 Å². The van der Waals surface area contributed by atoms with E-state index in [0.717, 1.165) is 56.6 Å². The Bertz CT molecular complexity index is 924. The minimum atomic E-state index is -0.225. The van der Waals surface area contributed by atoms with E-state index in [4.69, 9.17) is 9.47 Å². The van der Waals surface area contributed by atoms with Crippen LogP contribution in [0.15, 0.2) is 42.5 Å². The van der Waals surface area contributed by atoms with Gasteiger partial charge in [-0.25, -0.2) is 0 Å². The van der Waals surface area contributed by atoms with Crippen molar-refractivity contribution in [1.82, 2.24) is 5.32 Å². The minimum absolute atomic E-state index is 0.138. The number of hydrogen-bond donors (Lipinski definition) is 2. The first-order valence-electron chi connectivity index (χ1n) is 12.3. The number of nitrogens with zero attached hydrogens (tertiary/aromatic N) is 1. The highest BCUT2D eigenvalue weighted by Gasteiger charge is 2.20. The first kappa shape index (κ1) is 25.6. The summed E-state index contributed by atoms with van der Waals surface area (Å²) in [5, 5.41) is 5.91. The number of anilines is 2. The number of piperidine rings is 1. The van der Waals surface area contributed by atoms with E-state index in [2.05, 4.69) is 22.5 Å². The third-order valence-corrected chi connectivity index (χ3v) is 5.89. The number of carbonyl (C=O) groups excluding carboxylic acids is 2. The number of methoxy groups -OCH3 is 1. The fourth-order valence-corrected chi connectivity index (χ4v) is 3.96. The normalized spacial score (nSPS) is 13.4. The molecule has 2 amide bonds. The summed E-state index contributed by atoms with van der Waals surface area (Å²) in [5.41, 5.74) is 2.62. The number of benzene rings is 2. The van der Waals surface area contributed by atoms with E-state index < -0.39 is 0 Å². The SMILES string of the molecule is CCCCOc1ccc(C(=O)Nc2ccc(N3CCCCC3)c(C(=O)NCCCOC)c2)cc1. The van der Waals surface area contributed by atoms with Gasteiger partial charge >= 0.3 is 0 Å². The van der Waals surface area contributed by atoms with Crippen molar-refractivity contribution in [3.05, 3.63) is 53.6 Å². The summed E-state index contributed by atoms with van der Waals surface area (Å²) >= 11 is 0. The average molecular weight is 468 g/mol. The van der Waals surface area contributed by atoms with Gasteiger partial charge in [0.25, 0.3) is 11.8 Å². The Morgan fingerprint density at radius 2 is 1.71 bits per heavy atom. The average Bonchev–Trinajstić information content (AvgIpc) is 2.87. The lowest BCUT2D eigenvalue weighted by molar-refractivity contribution is 0.0947. The van der Waals surface area contributed by atoms with Crippen molar-refractivity contribution in [2.45, 2.75) is 45.4 Å². The Labute approximate surface area is 202 Å². The molecular weight excluding hydrogens is 430 g/mol. The Balaban J connectivity index is 1.71. The standard InChI is InChI=1S/C27H37N3O4/c1-3-4-19-34-23-12-9-21(10-13-23)26(31)29-22-11-14-25(30-16-6-5-7-17-30)24(20-22)27(32)28-15-8-18-33-2/h9-14,20H,3-8,15-19H2,1-2H3,(H,28,32)(H,29,31). The summed E-state index contributed by atoms with van der Waals surface area (Å²) < 4.78 is 10.7. The summed E-state index contributed by atoms with van der Waals surface area (Å²) in [6, 6.07) is 12.7. The van der Waals surface area contributed by atoms with Gasteiger partial charge in [0.1, 0.15) is 5.75 Å². The lowest BCUT2D eigenvalue weighted by Crippen LogP contribution is -2.33. The van der Waals surface area contributed by atoms with E-state index in [1.807, 2.05) is 24.3 Å². The van der Waals surface area contributed by atoms with Crippen LogP contribution in [0.1, 0.15) is 66.2 Å². The maximum Gasteiger partial charge on any atom is 0.255 e. The van der Waals surface area contributed by atoms with E-state index in [0.29, 0.717) is 36.6 Å². The Kier molecular flexibility index (Phi) is 10.2. The number of amides is 2. The van der Waals surface area contributed by atoms with E-state index in [1.165, 1.54) is 6.42 Å². The highest BCUT2D eigenvalue weighted by molar-refractivity contribution is 6.06. The first-order chi connectivity index (χ1) is 16.6. The quantitative estimate of drug-likeness (QED) is 0.435. The molecule has 7 heteroatoms. The second kappa shape index (κ2) is 13.6. The molecule has 0 unspecified atom stereocenters. The van der Waals surface area contributed by atoms with Crippen molar-refractivity contribution in [3.8, 4) is 5.75 Å². The largest absolute Gasteiger partial charge is 0.494 e. The number of ether oxygens (including phenoxy) is 2. The zero-order valence-corrected chi connectivity index (χ0v) is 20.4. The number of hydrogen-bond acceptors (Lipinski definition) is 5. The number of carbonyl (C=O) groups is 2. The smallest absolute Gasteiger partial charge is 0.255 e. The molecule has 0 bridgehead atoms.